The molecule has 1 aromatic heterocycles. The number of amides is 1. The Hall–Kier alpha value is -3.32. The topological polar surface area (TPSA) is 121 Å². The van der Waals surface area contributed by atoms with Gasteiger partial charge in [0.05, 0.1) is 25.7 Å². The van der Waals surface area contributed by atoms with Crippen LogP contribution in [0.1, 0.15) is 16.2 Å². The van der Waals surface area contributed by atoms with Gasteiger partial charge in [-0.15, -0.1) is 0 Å². The summed E-state index contributed by atoms with van der Waals surface area (Å²) in [6, 6.07) is 8.58. The zero-order valence-electron chi connectivity index (χ0n) is 13.8. The Balaban J connectivity index is 2.29. The number of hydrogen-bond acceptors (Lipinski definition) is 8. The molecule has 26 heavy (non-hydrogen) atoms. The molecule has 2 heterocycles. The predicted molar refractivity (Wildman–Crippen MR) is 93.8 cm³/mol. The monoisotopic (exact) mass is 371 g/mol. The van der Waals surface area contributed by atoms with E-state index in [1.54, 1.807) is 24.3 Å². The van der Waals surface area contributed by atoms with E-state index in [0.29, 0.717) is 11.4 Å². The summed E-state index contributed by atoms with van der Waals surface area (Å²) < 4.78 is 11.2. The second-order valence-corrected chi connectivity index (χ2v) is 6.05. The van der Waals surface area contributed by atoms with E-state index in [9.17, 15) is 14.9 Å². The van der Waals surface area contributed by atoms with Gasteiger partial charge in [-0.3, -0.25) is 15.1 Å². The van der Waals surface area contributed by atoms with Crippen LogP contribution in [0.2, 0.25) is 0 Å². The Morgan fingerprint density at radius 3 is 2.77 bits per heavy atom. The van der Waals surface area contributed by atoms with Crippen molar-refractivity contribution >= 4 is 34.5 Å². The molecule has 1 N–H and O–H groups in total. The van der Waals surface area contributed by atoms with Gasteiger partial charge in [0.25, 0.3) is 0 Å². The number of ether oxygens (including phenoxy) is 2. The minimum atomic E-state index is -0.783. The third-order valence-corrected chi connectivity index (χ3v) is 4.50. The summed E-state index contributed by atoms with van der Waals surface area (Å²) >= 11 is 1.01. The van der Waals surface area contributed by atoms with Gasteiger partial charge in [-0.05, 0) is 12.1 Å². The Labute approximate surface area is 152 Å². The number of rotatable bonds is 4. The first-order chi connectivity index (χ1) is 12.5. The van der Waals surface area contributed by atoms with Crippen LogP contribution in [0.3, 0.4) is 0 Å². The van der Waals surface area contributed by atoms with Crippen LogP contribution >= 0.6 is 11.8 Å². The first-order valence-corrected chi connectivity index (χ1v) is 8.30. The number of anilines is 1. The van der Waals surface area contributed by atoms with Crippen molar-refractivity contribution in [3.05, 3.63) is 35.7 Å². The molecule has 132 valence electrons. The van der Waals surface area contributed by atoms with Gasteiger partial charge in [0.1, 0.15) is 17.5 Å². The highest BCUT2D eigenvalue weighted by molar-refractivity contribution is 8.15. The molecule has 0 radical (unpaired) electrons. The van der Waals surface area contributed by atoms with E-state index in [1.807, 2.05) is 6.07 Å². The van der Waals surface area contributed by atoms with Gasteiger partial charge in [-0.25, -0.2) is 9.48 Å². The van der Waals surface area contributed by atoms with Crippen LogP contribution in [0.4, 0.5) is 5.69 Å². The lowest BCUT2D eigenvalue weighted by Gasteiger charge is -2.15. The average molecular weight is 371 g/mol. The van der Waals surface area contributed by atoms with Gasteiger partial charge in [-0.1, -0.05) is 17.8 Å². The summed E-state index contributed by atoms with van der Waals surface area (Å²) in [6.07, 6.45) is 0. The lowest BCUT2D eigenvalue weighted by molar-refractivity contribution is -0.115. The molecule has 3 rings (SSSR count). The minimum absolute atomic E-state index is 0.0503. The highest BCUT2D eigenvalue weighted by atomic mass is 32.2. The Bertz CT molecular complexity index is 946. The standard InChI is InChI=1S/C16H13N5O4S/c1-24-10-5-3-4-9(6-10)21-14(15(23)25-2)13(11(7-17)19-21)20-12(22)8-26-16(20)18/h3-6,18H,8H2,1-2H3. The number of nitriles is 1. The molecule has 10 heteroatoms. The van der Waals surface area contributed by atoms with Crippen molar-refractivity contribution in [2.24, 2.45) is 0 Å². The SMILES string of the molecule is COC(=O)c1c(N2C(=N)SCC2=O)c(C#N)nn1-c1cccc(OC)c1. The molecule has 0 saturated carbocycles. The molecule has 1 amide bonds. The summed E-state index contributed by atoms with van der Waals surface area (Å²) in [6.45, 7) is 0. The minimum Gasteiger partial charge on any atom is -0.497 e. The maximum Gasteiger partial charge on any atom is 0.359 e. The fourth-order valence-corrected chi connectivity index (χ4v) is 3.22. The fourth-order valence-electron chi connectivity index (χ4n) is 2.50. The van der Waals surface area contributed by atoms with E-state index < -0.39 is 11.9 Å². The smallest absolute Gasteiger partial charge is 0.359 e. The number of methoxy groups -OCH3 is 2. The van der Waals surface area contributed by atoms with E-state index in [2.05, 4.69) is 5.10 Å². The molecule has 0 aliphatic carbocycles. The molecule has 2 aromatic rings. The van der Waals surface area contributed by atoms with E-state index in [0.717, 1.165) is 16.7 Å². The number of hydrogen-bond donors (Lipinski definition) is 1. The largest absolute Gasteiger partial charge is 0.497 e. The number of esters is 1. The summed E-state index contributed by atoms with van der Waals surface area (Å²) in [5.74, 6) is -0.621. The Kier molecular flexibility index (Phi) is 4.64. The maximum atomic E-state index is 12.4. The zero-order chi connectivity index (χ0) is 18.8. The van der Waals surface area contributed by atoms with Gasteiger partial charge in [0, 0.05) is 6.07 Å². The van der Waals surface area contributed by atoms with Crippen LogP contribution in [0, 0.1) is 16.7 Å². The molecular weight excluding hydrogens is 358 g/mol. The highest BCUT2D eigenvalue weighted by Crippen LogP contribution is 2.34. The van der Waals surface area contributed by atoms with Crippen molar-refractivity contribution in [1.82, 2.24) is 9.78 Å². The van der Waals surface area contributed by atoms with Crippen LogP contribution in [-0.4, -0.2) is 46.8 Å². The highest BCUT2D eigenvalue weighted by Gasteiger charge is 2.37. The van der Waals surface area contributed by atoms with Gasteiger partial charge in [0.15, 0.2) is 16.6 Å². The molecule has 1 fully saturated rings. The predicted octanol–water partition coefficient (Wildman–Crippen LogP) is 1.55. The normalized spacial score (nSPS) is 13.7. The van der Waals surface area contributed by atoms with Crippen LogP contribution in [0.5, 0.6) is 5.75 Å². The number of nitrogens with zero attached hydrogens (tertiary/aromatic N) is 4. The lowest BCUT2D eigenvalue weighted by Crippen LogP contribution is -2.31. The summed E-state index contributed by atoms with van der Waals surface area (Å²) in [4.78, 5) is 25.7. The third-order valence-electron chi connectivity index (χ3n) is 3.65. The van der Waals surface area contributed by atoms with E-state index in [4.69, 9.17) is 14.9 Å². The van der Waals surface area contributed by atoms with Gasteiger partial charge < -0.3 is 9.47 Å². The van der Waals surface area contributed by atoms with Crippen molar-refractivity contribution in [1.29, 1.82) is 10.7 Å². The molecule has 0 bridgehead atoms. The maximum absolute atomic E-state index is 12.4. The molecule has 1 aliphatic heterocycles. The number of nitrogens with one attached hydrogen (secondary N) is 1. The number of carbonyl (C=O) groups excluding carboxylic acids is 2. The second-order valence-electron chi connectivity index (χ2n) is 5.09. The molecule has 1 aromatic carbocycles. The van der Waals surface area contributed by atoms with E-state index in [1.165, 1.54) is 18.9 Å². The van der Waals surface area contributed by atoms with Crippen LogP contribution in [0.25, 0.3) is 5.69 Å². The Morgan fingerprint density at radius 2 is 2.19 bits per heavy atom. The van der Waals surface area contributed by atoms with Gasteiger partial charge in [0.2, 0.25) is 5.91 Å². The second kappa shape index (κ2) is 6.89. The molecule has 0 unspecified atom stereocenters. The van der Waals surface area contributed by atoms with Crippen LogP contribution < -0.4 is 9.64 Å². The van der Waals surface area contributed by atoms with Crippen molar-refractivity contribution in [2.75, 3.05) is 24.9 Å². The molecule has 9 nitrogen and oxygen atoms in total. The van der Waals surface area contributed by atoms with Gasteiger partial charge >= 0.3 is 5.97 Å². The van der Waals surface area contributed by atoms with E-state index >= 15 is 0 Å². The van der Waals surface area contributed by atoms with Gasteiger partial charge in [-0.2, -0.15) is 10.4 Å². The molecular formula is C16H13N5O4S. The first-order valence-electron chi connectivity index (χ1n) is 7.32. The van der Waals surface area contributed by atoms with Crippen molar-refractivity contribution in [3.63, 3.8) is 0 Å². The van der Waals surface area contributed by atoms with Crippen molar-refractivity contribution in [3.8, 4) is 17.5 Å². The number of benzene rings is 1. The summed E-state index contributed by atoms with van der Waals surface area (Å²) in [7, 11) is 2.68. The fraction of sp³-hybridized carbons (Fsp3) is 0.188. The lowest BCUT2D eigenvalue weighted by atomic mass is 10.2. The van der Waals surface area contributed by atoms with Crippen LogP contribution in [-0.2, 0) is 9.53 Å². The first kappa shape index (κ1) is 17.5. The van der Waals surface area contributed by atoms with E-state index in [-0.39, 0.29) is 28.0 Å². The zero-order valence-corrected chi connectivity index (χ0v) is 14.7. The molecule has 0 spiro atoms. The number of carbonyl (C=O) groups is 2. The molecule has 1 saturated heterocycles. The third kappa shape index (κ3) is 2.78. The quantitative estimate of drug-likeness (QED) is 0.809. The number of thioether (sulfide) groups is 1. The Morgan fingerprint density at radius 1 is 1.42 bits per heavy atom. The molecule has 1 aliphatic rings. The summed E-state index contributed by atoms with van der Waals surface area (Å²) in [5, 5.41) is 21.5. The number of aromatic nitrogens is 2. The molecule has 0 atom stereocenters. The average Bonchev–Trinajstić information content (AvgIpc) is 3.20. The van der Waals surface area contributed by atoms with Crippen molar-refractivity contribution < 1.29 is 19.1 Å². The van der Waals surface area contributed by atoms with Crippen LogP contribution in [0.15, 0.2) is 24.3 Å². The summed E-state index contributed by atoms with van der Waals surface area (Å²) in [5.41, 5.74) is 0.118. The van der Waals surface area contributed by atoms with Crippen molar-refractivity contribution in [2.45, 2.75) is 0 Å². The number of amidine groups is 1.